The van der Waals surface area contributed by atoms with Gasteiger partial charge in [0.15, 0.2) is 0 Å². The number of hydrogen-bond donors (Lipinski definition) is 1. The molecule has 0 radical (unpaired) electrons. The van der Waals surface area contributed by atoms with Crippen LogP contribution in [-0.4, -0.2) is 27.3 Å². The van der Waals surface area contributed by atoms with Gasteiger partial charge in [-0.05, 0) is 33.7 Å². The van der Waals surface area contributed by atoms with Crippen LogP contribution in [0.15, 0.2) is 0 Å². The van der Waals surface area contributed by atoms with E-state index >= 15 is 0 Å². The molecule has 0 saturated carbocycles. The zero-order valence-corrected chi connectivity index (χ0v) is 11.1. The van der Waals surface area contributed by atoms with Crippen LogP contribution in [0.1, 0.15) is 38.4 Å². The van der Waals surface area contributed by atoms with Gasteiger partial charge >= 0.3 is 0 Å². The number of aromatic nitrogens is 2. The second-order valence-electron chi connectivity index (χ2n) is 4.64. The van der Waals surface area contributed by atoms with Crippen molar-refractivity contribution in [3.05, 3.63) is 11.3 Å². The van der Waals surface area contributed by atoms with Crippen molar-refractivity contribution in [2.24, 2.45) is 7.05 Å². The Bertz CT molecular complexity index is 341. The first kappa shape index (κ1) is 13.0. The maximum atomic E-state index is 6.02. The number of rotatable bonds is 5. The predicted molar refractivity (Wildman–Crippen MR) is 68.2 cm³/mol. The number of aryl methyl sites for hydroxylation is 2. The summed E-state index contributed by atoms with van der Waals surface area (Å²) >= 11 is 0. The number of nitrogens with two attached hydrogens (primary N) is 1. The van der Waals surface area contributed by atoms with E-state index in [-0.39, 0.29) is 0 Å². The highest BCUT2D eigenvalue weighted by molar-refractivity contribution is 5.42. The number of anilines is 1. The first-order chi connectivity index (χ1) is 7.47. The summed E-state index contributed by atoms with van der Waals surface area (Å²) in [7, 11) is 1.89. The molecular formula is C12H24N4. The van der Waals surface area contributed by atoms with Gasteiger partial charge in [-0.15, -0.1) is 0 Å². The lowest BCUT2D eigenvalue weighted by Crippen LogP contribution is -2.31. The molecule has 16 heavy (non-hydrogen) atoms. The SMILES string of the molecule is CCCN(Cc1c(C)nn(C)c1N)C(C)C. The van der Waals surface area contributed by atoms with E-state index in [0.717, 1.165) is 31.0 Å². The molecule has 0 saturated heterocycles. The molecule has 0 spiro atoms. The van der Waals surface area contributed by atoms with Crippen LogP contribution in [0.25, 0.3) is 0 Å². The van der Waals surface area contributed by atoms with Gasteiger partial charge in [0.05, 0.1) is 5.69 Å². The average Bonchev–Trinajstić information content (AvgIpc) is 2.43. The standard InChI is InChI=1S/C12H24N4/c1-6-7-16(9(2)3)8-11-10(4)14-15(5)12(11)13/h9H,6-8,13H2,1-5H3. The molecule has 0 aromatic carbocycles. The van der Waals surface area contributed by atoms with Crippen LogP contribution in [0.4, 0.5) is 5.82 Å². The minimum absolute atomic E-state index is 0.541. The Morgan fingerprint density at radius 1 is 1.44 bits per heavy atom. The summed E-state index contributed by atoms with van der Waals surface area (Å²) in [6, 6.07) is 0.541. The fraction of sp³-hybridized carbons (Fsp3) is 0.750. The third-order valence-corrected chi connectivity index (χ3v) is 3.00. The van der Waals surface area contributed by atoms with Gasteiger partial charge < -0.3 is 5.73 Å². The molecule has 4 heteroatoms. The highest BCUT2D eigenvalue weighted by atomic mass is 15.3. The fourth-order valence-corrected chi connectivity index (χ4v) is 1.93. The molecule has 1 aromatic heterocycles. The molecular weight excluding hydrogens is 200 g/mol. The van der Waals surface area contributed by atoms with Crippen LogP contribution < -0.4 is 5.73 Å². The Hall–Kier alpha value is -1.03. The predicted octanol–water partition coefficient (Wildman–Crippen LogP) is 1.93. The van der Waals surface area contributed by atoms with Crippen LogP contribution in [0.2, 0.25) is 0 Å². The molecule has 1 rings (SSSR count). The number of nitrogens with zero attached hydrogens (tertiary/aromatic N) is 3. The average molecular weight is 224 g/mol. The monoisotopic (exact) mass is 224 g/mol. The molecule has 92 valence electrons. The maximum Gasteiger partial charge on any atom is 0.126 e. The van der Waals surface area contributed by atoms with Crippen LogP contribution in [0, 0.1) is 6.92 Å². The normalized spacial score (nSPS) is 11.7. The molecule has 4 nitrogen and oxygen atoms in total. The molecule has 0 aliphatic rings. The minimum Gasteiger partial charge on any atom is -0.384 e. The summed E-state index contributed by atoms with van der Waals surface area (Å²) in [5, 5.41) is 4.35. The topological polar surface area (TPSA) is 47.1 Å². The smallest absolute Gasteiger partial charge is 0.126 e. The second-order valence-corrected chi connectivity index (χ2v) is 4.64. The summed E-state index contributed by atoms with van der Waals surface area (Å²) < 4.78 is 1.76. The van der Waals surface area contributed by atoms with Crippen molar-refractivity contribution in [2.45, 2.75) is 46.7 Å². The quantitative estimate of drug-likeness (QED) is 0.831. The van der Waals surface area contributed by atoms with Gasteiger partial charge in [0.2, 0.25) is 0 Å². The molecule has 1 heterocycles. The van der Waals surface area contributed by atoms with Crippen molar-refractivity contribution in [3.8, 4) is 0 Å². The van der Waals surface area contributed by atoms with Gasteiger partial charge in [0.25, 0.3) is 0 Å². The van der Waals surface area contributed by atoms with Crippen molar-refractivity contribution in [3.63, 3.8) is 0 Å². The summed E-state index contributed by atoms with van der Waals surface area (Å²) in [5.41, 5.74) is 8.24. The first-order valence-corrected chi connectivity index (χ1v) is 5.99. The maximum absolute atomic E-state index is 6.02. The van der Waals surface area contributed by atoms with E-state index in [1.165, 1.54) is 5.56 Å². The van der Waals surface area contributed by atoms with Gasteiger partial charge in [0.1, 0.15) is 5.82 Å². The number of nitrogen functional groups attached to an aromatic ring is 1. The van der Waals surface area contributed by atoms with E-state index in [1.807, 2.05) is 14.0 Å². The van der Waals surface area contributed by atoms with Gasteiger partial charge in [-0.1, -0.05) is 6.92 Å². The van der Waals surface area contributed by atoms with Crippen LogP contribution in [0.3, 0.4) is 0 Å². The molecule has 0 fully saturated rings. The third kappa shape index (κ3) is 2.76. The lowest BCUT2D eigenvalue weighted by atomic mass is 10.2. The summed E-state index contributed by atoms with van der Waals surface area (Å²) in [6.07, 6.45) is 1.16. The Morgan fingerprint density at radius 2 is 2.06 bits per heavy atom. The van der Waals surface area contributed by atoms with Gasteiger partial charge in [-0.25, -0.2) is 0 Å². The Balaban J connectivity index is 2.84. The molecule has 0 bridgehead atoms. The van der Waals surface area contributed by atoms with Crippen LogP contribution in [-0.2, 0) is 13.6 Å². The van der Waals surface area contributed by atoms with Gasteiger partial charge in [0, 0.05) is 25.2 Å². The molecule has 0 aliphatic carbocycles. The van der Waals surface area contributed by atoms with Crippen LogP contribution >= 0.6 is 0 Å². The van der Waals surface area contributed by atoms with Crippen molar-refractivity contribution >= 4 is 5.82 Å². The fourth-order valence-electron chi connectivity index (χ4n) is 1.93. The molecule has 1 aromatic rings. The zero-order chi connectivity index (χ0) is 12.3. The van der Waals surface area contributed by atoms with Crippen molar-refractivity contribution in [2.75, 3.05) is 12.3 Å². The largest absolute Gasteiger partial charge is 0.384 e. The van der Waals surface area contributed by atoms with E-state index in [2.05, 4.69) is 30.8 Å². The Morgan fingerprint density at radius 3 is 2.44 bits per heavy atom. The van der Waals surface area contributed by atoms with Crippen LogP contribution in [0.5, 0.6) is 0 Å². The van der Waals surface area contributed by atoms with E-state index in [0.29, 0.717) is 6.04 Å². The van der Waals surface area contributed by atoms with Gasteiger partial charge in [-0.3, -0.25) is 9.58 Å². The third-order valence-electron chi connectivity index (χ3n) is 3.00. The van der Waals surface area contributed by atoms with E-state index in [1.54, 1.807) is 4.68 Å². The number of hydrogen-bond acceptors (Lipinski definition) is 3. The lowest BCUT2D eigenvalue weighted by Gasteiger charge is -2.25. The molecule has 0 unspecified atom stereocenters. The Kier molecular flexibility index (Phi) is 4.35. The van der Waals surface area contributed by atoms with E-state index in [9.17, 15) is 0 Å². The molecule has 0 atom stereocenters. The van der Waals surface area contributed by atoms with E-state index < -0.39 is 0 Å². The second kappa shape index (κ2) is 5.34. The molecule has 0 amide bonds. The van der Waals surface area contributed by atoms with Gasteiger partial charge in [-0.2, -0.15) is 5.10 Å². The highest BCUT2D eigenvalue weighted by Crippen LogP contribution is 2.18. The molecule has 0 aliphatic heterocycles. The highest BCUT2D eigenvalue weighted by Gasteiger charge is 2.15. The first-order valence-electron chi connectivity index (χ1n) is 5.99. The lowest BCUT2D eigenvalue weighted by molar-refractivity contribution is 0.213. The zero-order valence-electron chi connectivity index (χ0n) is 11.1. The Labute approximate surface area is 98.4 Å². The van der Waals surface area contributed by atoms with Crippen molar-refractivity contribution in [1.82, 2.24) is 14.7 Å². The van der Waals surface area contributed by atoms with E-state index in [4.69, 9.17) is 5.73 Å². The molecule has 2 N–H and O–H groups in total. The summed E-state index contributed by atoms with van der Waals surface area (Å²) in [4.78, 5) is 2.43. The summed E-state index contributed by atoms with van der Waals surface area (Å²) in [5.74, 6) is 0.791. The van der Waals surface area contributed by atoms with Crippen molar-refractivity contribution in [1.29, 1.82) is 0 Å². The summed E-state index contributed by atoms with van der Waals surface area (Å²) in [6.45, 7) is 10.7. The minimum atomic E-state index is 0.541. The van der Waals surface area contributed by atoms with Crippen molar-refractivity contribution < 1.29 is 0 Å².